The molecule has 4 heterocycles. The summed E-state index contributed by atoms with van der Waals surface area (Å²) < 4.78 is 5.02. The molecule has 2 saturated heterocycles. The van der Waals surface area contributed by atoms with Gasteiger partial charge in [0.15, 0.2) is 0 Å². The molecule has 8 nitrogen and oxygen atoms in total. The standard InChI is InChI=1S/C18H21N5O3/c1-13-15(9-20-26-13)17(25)22-7-5-18(11-22)12-23(16(24)10-21(18)2)14-4-3-6-19-8-14/h3-4,6,8-9H,5,7,10-12H2,1-2H3/t18-/m0/s1. The number of piperazine rings is 1. The number of aryl methyl sites for hydroxylation is 1. The Labute approximate surface area is 151 Å². The molecule has 1 atom stereocenters. The lowest BCUT2D eigenvalue weighted by Crippen LogP contribution is -2.64. The number of likely N-dealkylation sites (tertiary alicyclic amines) is 1. The van der Waals surface area contributed by atoms with E-state index in [1.807, 2.05) is 24.1 Å². The van der Waals surface area contributed by atoms with Crippen molar-refractivity contribution in [3.8, 4) is 0 Å². The average molecular weight is 355 g/mol. The molecule has 4 rings (SSSR count). The SMILES string of the molecule is Cc1oncc1C(=O)N1CC[C@]2(C1)CN(c1cccnc1)C(=O)CN2C. The predicted molar refractivity (Wildman–Crippen MR) is 93.7 cm³/mol. The molecule has 2 aromatic rings. The monoisotopic (exact) mass is 355 g/mol. The van der Waals surface area contributed by atoms with Crippen LogP contribution in [0.3, 0.4) is 0 Å². The van der Waals surface area contributed by atoms with Crippen LogP contribution in [0.1, 0.15) is 22.5 Å². The van der Waals surface area contributed by atoms with E-state index in [0.29, 0.717) is 37.5 Å². The van der Waals surface area contributed by atoms with Crippen LogP contribution in [0.5, 0.6) is 0 Å². The predicted octanol–water partition coefficient (Wildman–Crippen LogP) is 0.941. The lowest BCUT2D eigenvalue weighted by Gasteiger charge is -2.46. The molecule has 136 valence electrons. The summed E-state index contributed by atoms with van der Waals surface area (Å²) >= 11 is 0. The number of rotatable bonds is 2. The van der Waals surface area contributed by atoms with Crippen LogP contribution in [-0.4, -0.2) is 70.5 Å². The minimum atomic E-state index is -0.259. The Morgan fingerprint density at radius 3 is 2.85 bits per heavy atom. The van der Waals surface area contributed by atoms with Gasteiger partial charge in [-0.25, -0.2) is 0 Å². The maximum atomic E-state index is 12.8. The van der Waals surface area contributed by atoms with Crippen LogP contribution in [0.25, 0.3) is 0 Å². The molecule has 0 bridgehead atoms. The van der Waals surface area contributed by atoms with E-state index >= 15 is 0 Å². The summed E-state index contributed by atoms with van der Waals surface area (Å²) in [7, 11) is 1.96. The van der Waals surface area contributed by atoms with Crippen molar-refractivity contribution in [1.82, 2.24) is 19.9 Å². The normalized spacial score (nSPS) is 23.8. The molecule has 2 aliphatic heterocycles. The number of hydrogen-bond donors (Lipinski definition) is 0. The molecule has 0 radical (unpaired) electrons. The van der Waals surface area contributed by atoms with Crippen LogP contribution < -0.4 is 4.90 Å². The smallest absolute Gasteiger partial charge is 0.259 e. The van der Waals surface area contributed by atoms with Crippen molar-refractivity contribution in [1.29, 1.82) is 0 Å². The summed E-state index contributed by atoms with van der Waals surface area (Å²) in [5.41, 5.74) is 1.04. The summed E-state index contributed by atoms with van der Waals surface area (Å²) in [5.74, 6) is 0.504. The third-order valence-corrected chi connectivity index (χ3v) is 5.49. The highest BCUT2D eigenvalue weighted by molar-refractivity contribution is 5.97. The molecule has 8 heteroatoms. The van der Waals surface area contributed by atoms with Gasteiger partial charge in [-0.05, 0) is 32.5 Å². The second kappa shape index (κ2) is 6.21. The van der Waals surface area contributed by atoms with Gasteiger partial charge in [-0.1, -0.05) is 5.16 Å². The third-order valence-electron chi connectivity index (χ3n) is 5.49. The minimum Gasteiger partial charge on any atom is -0.361 e. The maximum Gasteiger partial charge on any atom is 0.259 e. The first kappa shape index (κ1) is 16.7. The van der Waals surface area contributed by atoms with Gasteiger partial charge in [-0.15, -0.1) is 0 Å². The summed E-state index contributed by atoms with van der Waals surface area (Å²) in [5, 5.41) is 3.70. The highest BCUT2D eigenvalue weighted by Gasteiger charge is 2.49. The number of likely N-dealkylation sites (N-methyl/N-ethyl adjacent to an activating group) is 1. The molecular weight excluding hydrogens is 334 g/mol. The molecule has 2 fully saturated rings. The Hall–Kier alpha value is -2.74. The second-order valence-electron chi connectivity index (χ2n) is 7.04. The zero-order valence-electron chi connectivity index (χ0n) is 14.9. The van der Waals surface area contributed by atoms with Crippen molar-refractivity contribution >= 4 is 17.5 Å². The van der Waals surface area contributed by atoms with Crippen molar-refractivity contribution in [2.45, 2.75) is 18.9 Å². The Bertz CT molecular complexity index is 836. The molecule has 0 unspecified atom stereocenters. The fraction of sp³-hybridized carbons (Fsp3) is 0.444. The van der Waals surface area contributed by atoms with E-state index in [4.69, 9.17) is 4.52 Å². The van der Waals surface area contributed by atoms with E-state index < -0.39 is 0 Å². The summed E-state index contributed by atoms with van der Waals surface area (Å²) in [6, 6.07) is 3.72. The first-order valence-corrected chi connectivity index (χ1v) is 8.62. The number of pyridine rings is 1. The largest absolute Gasteiger partial charge is 0.361 e. The Morgan fingerprint density at radius 2 is 2.15 bits per heavy atom. The van der Waals surface area contributed by atoms with Crippen molar-refractivity contribution in [2.75, 3.05) is 38.1 Å². The number of nitrogens with zero attached hydrogens (tertiary/aromatic N) is 5. The Balaban J connectivity index is 1.57. The van der Waals surface area contributed by atoms with Gasteiger partial charge in [0, 0.05) is 25.8 Å². The van der Waals surface area contributed by atoms with Crippen LogP contribution >= 0.6 is 0 Å². The quantitative estimate of drug-likeness (QED) is 0.797. The molecule has 0 aliphatic carbocycles. The van der Waals surface area contributed by atoms with Crippen LogP contribution in [-0.2, 0) is 4.79 Å². The summed E-state index contributed by atoms with van der Waals surface area (Å²) in [6.07, 6.45) is 5.68. The van der Waals surface area contributed by atoms with Crippen molar-refractivity contribution in [3.63, 3.8) is 0 Å². The number of aromatic nitrogens is 2. The van der Waals surface area contributed by atoms with E-state index in [2.05, 4.69) is 15.0 Å². The molecule has 26 heavy (non-hydrogen) atoms. The number of carbonyl (C=O) groups excluding carboxylic acids is 2. The average Bonchev–Trinajstić information content (AvgIpc) is 3.26. The Morgan fingerprint density at radius 1 is 1.31 bits per heavy atom. The van der Waals surface area contributed by atoms with Gasteiger partial charge >= 0.3 is 0 Å². The zero-order valence-corrected chi connectivity index (χ0v) is 14.9. The van der Waals surface area contributed by atoms with Crippen LogP contribution in [0.4, 0.5) is 5.69 Å². The van der Waals surface area contributed by atoms with Gasteiger partial charge in [0.25, 0.3) is 5.91 Å². The van der Waals surface area contributed by atoms with Crippen molar-refractivity contribution < 1.29 is 14.1 Å². The molecule has 1 spiro atoms. The first-order chi connectivity index (χ1) is 12.5. The van der Waals surface area contributed by atoms with Gasteiger partial charge < -0.3 is 14.3 Å². The van der Waals surface area contributed by atoms with E-state index in [1.165, 1.54) is 6.20 Å². The van der Waals surface area contributed by atoms with Gasteiger partial charge in [0.05, 0.1) is 30.2 Å². The lowest BCUT2D eigenvalue weighted by molar-refractivity contribution is -0.123. The first-order valence-electron chi connectivity index (χ1n) is 8.62. The fourth-order valence-corrected chi connectivity index (χ4v) is 3.85. The van der Waals surface area contributed by atoms with E-state index in [-0.39, 0.29) is 17.4 Å². The number of carbonyl (C=O) groups is 2. The van der Waals surface area contributed by atoms with Gasteiger partial charge in [0.1, 0.15) is 11.3 Å². The molecule has 2 aromatic heterocycles. The van der Waals surface area contributed by atoms with Crippen molar-refractivity contribution in [3.05, 3.63) is 42.0 Å². The van der Waals surface area contributed by atoms with Gasteiger partial charge in [-0.2, -0.15) is 0 Å². The minimum absolute atomic E-state index is 0.0470. The number of hydrogen-bond acceptors (Lipinski definition) is 6. The highest BCUT2D eigenvalue weighted by atomic mass is 16.5. The van der Waals surface area contributed by atoms with E-state index in [0.717, 1.165) is 12.1 Å². The molecule has 2 amide bonds. The molecular formula is C18H21N5O3. The molecule has 2 aliphatic rings. The van der Waals surface area contributed by atoms with Crippen molar-refractivity contribution in [2.24, 2.45) is 0 Å². The van der Waals surface area contributed by atoms with Crippen LogP contribution in [0.15, 0.2) is 35.2 Å². The topological polar surface area (TPSA) is 82.8 Å². The van der Waals surface area contributed by atoms with Gasteiger partial charge in [-0.3, -0.25) is 19.5 Å². The van der Waals surface area contributed by atoms with Crippen LogP contribution in [0, 0.1) is 6.92 Å². The lowest BCUT2D eigenvalue weighted by atomic mass is 9.92. The third kappa shape index (κ3) is 2.66. The maximum absolute atomic E-state index is 12.8. The number of anilines is 1. The zero-order chi connectivity index (χ0) is 18.3. The molecule has 0 saturated carbocycles. The van der Waals surface area contributed by atoms with E-state index in [9.17, 15) is 9.59 Å². The Kier molecular flexibility index (Phi) is 3.99. The number of amides is 2. The van der Waals surface area contributed by atoms with E-state index in [1.54, 1.807) is 24.2 Å². The second-order valence-corrected chi connectivity index (χ2v) is 7.04. The van der Waals surface area contributed by atoms with Gasteiger partial charge in [0.2, 0.25) is 5.91 Å². The summed E-state index contributed by atoms with van der Waals surface area (Å²) in [6.45, 7) is 3.81. The fourth-order valence-electron chi connectivity index (χ4n) is 3.85. The van der Waals surface area contributed by atoms with Crippen LogP contribution in [0.2, 0.25) is 0 Å². The molecule has 0 aromatic carbocycles. The highest BCUT2D eigenvalue weighted by Crippen LogP contribution is 2.34. The summed E-state index contributed by atoms with van der Waals surface area (Å²) in [4.78, 5) is 35.2. The molecule has 0 N–H and O–H groups in total.